The highest BCUT2D eigenvalue weighted by atomic mass is 35.5. The van der Waals surface area contributed by atoms with Crippen molar-refractivity contribution in [1.82, 2.24) is 10.2 Å². The van der Waals surface area contributed by atoms with Crippen molar-refractivity contribution in [2.24, 2.45) is 5.73 Å². The number of carbonyl (C=O) groups is 1. The molecule has 2 atom stereocenters. The van der Waals surface area contributed by atoms with Gasteiger partial charge in [-0.15, -0.1) is 12.4 Å². The van der Waals surface area contributed by atoms with E-state index in [1.165, 1.54) is 12.1 Å². The minimum Gasteiger partial charge on any atom is -0.353 e. The van der Waals surface area contributed by atoms with Crippen LogP contribution in [0.1, 0.15) is 18.5 Å². The van der Waals surface area contributed by atoms with E-state index in [0.717, 1.165) is 5.56 Å². The highest BCUT2D eigenvalue weighted by Crippen LogP contribution is 2.18. The monoisotopic (exact) mass is 289 g/mol. The molecule has 1 amide bonds. The van der Waals surface area contributed by atoms with Gasteiger partial charge in [-0.2, -0.15) is 0 Å². The van der Waals surface area contributed by atoms with Gasteiger partial charge in [0.05, 0.1) is 12.1 Å². The molecule has 3 N–H and O–H groups in total. The van der Waals surface area contributed by atoms with E-state index < -0.39 is 6.04 Å². The molecule has 0 aromatic heterocycles. The maximum atomic E-state index is 13.2. The van der Waals surface area contributed by atoms with Gasteiger partial charge in [0, 0.05) is 6.54 Å². The fraction of sp³-hybridized carbons (Fsp3) is 0.462. The quantitative estimate of drug-likeness (QED) is 0.859. The van der Waals surface area contributed by atoms with E-state index in [9.17, 15) is 9.18 Å². The molecule has 0 aliphatic carbocycles. The Labute approximate surface area is 119 Å². The highest BCUT2D eigenvalue weighted by Gasteiger charge is 2.16. The van der Waals surface area contributed by atoms with E-state index in [0.29, 0.717) is 6.54 Å². The molecular formula is C13H21ClFN3O. The first-order chi connectivity index (χ1) is 8.41. The molecule has 0 saturated heterocycles. The summed E-state index contributed by atoms with van der Waals surface area (Å²) in [6.07, 6.45) is 0. The van der Waals surface area contributed by atoms with Crippen LogP contribution in [0.25, 0.3) is 0 Å². The van der Waals surface area contributed by atoms with Crippen LogP contribution in [0.15, 0.2) is 24.3 Å². The van der Waals surface area contributed by atoms with Crippen LogP contribution in [-0.4, -0.2) is 37.5 Å². The molecule has 0 bridgehead atoms. The number of likely N-dealkylation sites (N-methyl/N-ethyl adjacent to an activating group) is 1. The number of rotatable bonds is 5. The maximum absolute atomic E-state index is 13.2. The summed E-state index contributed by atoms with van der Waals surface area (Å²) in [7, 11) is 3.77. The van der Waals surface area contributed by atoms with Crippen molar-refractivity contribution < 1.29 is 9.18 Å². The first-order valence-electron chi connectivity index (χ1n) is 5.87. The predicted octanol–water partition coefficient (Wildman–Crippen LogP) is 1.31. The standard InChI is InChI=1S/C13H20FN3O.ClH/c1-9(15)13(18)16-8-12(17(2)3)10-5-4-6-11(14)7-10;/h4-7,9,12H,8,15H2,1-3H3,(H,16,18);1H. The molecule has 1 aromatic rings. The Morgan fingerprint density at radius 2 is 2.11 bits per heavy atom. The molecule has 0 aliphatic heterocycles. The zero-order valence-corrected chi connectivity index (χ0v) is 12.2. The molecule has 4 nitrogen and oxygen atoms in total. The zero-order chi connectivity index (χ0) is 13.7. The molecule has 19 heavy (non-hydrogen) atoms. The molecule has 1 aromatic carbocycles. The van der Waals surface area contributed by atoms with E-state index in [-0.39, 0.29) is 30.2 Å². The average molecular weight is 290 g/mol. The second-order valence-electron chi connectivity index (χ2n) is 4.57. The average Bonchev–Trinajstić information content (AvgIpc) is 2.28. The Bertz CT molecular complexity index is 413. The van der Waals surface area contributed by atoms with Crippen molar-refractivity contribution >= 4 is 18.3 Å². The third-order valence-electron chi connectivity index (χ3n) is 2.74. The lowest BCUT2D eigenvalue weighted by Gasteiger charge is -2.25. The lowest BCUT2D eigenvalue weighted by Crippen LogP contribution is -2.42. The number of amides is 1. The van der Waals surface area contributed by atoms with E-state index in [2.05, 4.69) is 5.32 Å². The van der Waals surface area contributed by atoms with E-state index in [1.54, 1.807) is 13.0 Å². The van der Waals surface area contributed by atoms with Gasteiger partial charge in [0.1, 0.15) is 5.82 Å². The van der Waals surface area contributed by atoms with Crippen molar-refractivity contribution in [1.29, 1.82) is 0 Å². The Balaban J connectivity index is 0.00000324. The number of nitrogens with two attached hydrogens (primary N) is 1. The third kappa shape index (κ3) is 5.55. The zero-order valence-electron chi connectivity index (χ0n) is 11.4. The maximum Gasteiger partial charge on any atom is 0.236 e. The van der Waals surface area contributed by atoms with Crippen molar-refractivity contribution in [3.63, 3.8) is 0 Å². The molecular weight excluding hydrogens is 269 g/mol. The molecule has 6 heteroatoms. The fourth-order valence-electron chi connectivity index (χ4n) is 1.67. The van der Waals surface area contributed by atoms with Gasteiger partial charge in [0.15, 0.2) is 0 Å². The van der Waals surface area contributed by atoms with Gasteiger partial charge >= 0.3 is 0 Å². The van der Waals surface area contributed by atoms with E-state index >= 15 is 0 Å². The van der Waals surface area contributed by atoms with Crippen LogP contribution in [0.5, 0.6) is 0 Å². The lowest BCUT2D eigenvalue weighted by atomic mass is 10.1. The number of carbonyl (C=O) groups excluding carboxylic acids is 1. The summed E-state index contributed by atoms with van der Waals surface area (Å²) in [5.74, 6) is -0.490. The van der Waals surface area contributed by atoms with Gasteiger partial charge in [-0.3, -0.25) is 4.79 Å². The van der Waals surface area contributed by atoms with E-state index in [4.69, 9.17) is 5.73 Å². The van der Waals surface area contributed by atoms with Crippen LogP contribution < -0.4 is 11.1 Å². The summed E-state index contributed by atoms with van der Waals surface area (Å²) in [6, 6.07) is 5.75. The molecule has 0 radical (unpaired) electrons. The summed E-state index contributed by atoms with van der Waals surface area (Å²) < 4.78 is 13.2. The lowest BCUT2D eigenvalue weighted by molar-refractivity contribution is -0.122. The number of hydrogen-bond donors (Lipinski definition) is 2. The third-order valence-corrected chi connectivity index (χ3v) is 2.74. The van der Waals surface area contributed by atoms with Gasteiger partial charge in [-0.25, -0.2) is 4.39 Å². The SMILES string of the molecule is CC(N)C(=O)NCC(c1cccc(F)c1)N(C)C.Cl. The minimum absolute atomic E-state index is 0. The molecule has 0 fully saturated rings. The summed E-state index contributed by atoms with van der Waals surface area (Å²) in [5, 5.41) is 2.75. The normalized spacial score (nSPS) is 13.6. The molecule has 0 saturated carbocycles. The minimum atomic E-state index is -0.541. The van der Waals surface area contributed by atoms with Crippen LogP contribution in [0, 0.1) is 5.82 Å². The summed E-state index contributed by atoms with van der Waals surface area (Å²) in [4.78, 5) is 13.4. The number of nitrogens with zero attached hydrogens (tertiary/aromatic N) is 1. The second-order valence-corrected chi connectivity index (χ2v) is 4.57. The van der Waals surface area contributed by atoms with Gasteiger partial charge in [-0.1, -0.05) is 12.1 Å². The molecule has 0 aliphatic rings. The van der Waals surface area contributed by atoms with Crippen LogP contribution in [0.3, 0.4) is 0 Å². The van der Waals surface area contributed by atoms with Crippen molar-refractivity contribution in [3.05, 3.63) is 35.6 Å². The summed E-state index contributed by atoms with van der Waals surface area (Å²) in [6.45, 7) is 2.03. The Morgan fingerprint density at radius 3 is 2.58 bits per heavy atom. The smallest absolute Gasteiger partial charge is 0.236 e. The highest BCUT2D eigenvalue weighted by molar-refractivity contribution is 5.85. The van der Waals surface area contributed by atoms with Crippen LogP contribution in [-0.2, 0) is 4.79 Å². The molecule has 0 heterocycles. The van der Waals surface area contributed by atoms with E-state index in [1.807, 2.05) is 25.1 Å². The molecule has 1 rings (SSSR count). The van der Waals surface area contributed by atoms with Gasteiger partial charge in [-0.05, 0) is 38.7 Å². The fourth-order valence-corrected chi connectivity index (χ4v) is 1.67. The molecule has 108 valence electrons. The number of benzene rings is 1. The Kier molecular flexibility index (Phi) is 7.59. The topological polar surface area (TPSA) is 58.4 Å². The summed E-state index contributed by atoms with van der Waals surface area (Å²) in [5.41, 5.74) is 6.30. The van der Waals surface area contributed by atoms with Crippen molar-refractivity contribution in [2.45, 2.75) is 19.0 Å². The second kappa shape index (κ2) is 8.09. The summed E-state index contributed by atoms with van der Waals surface area (Å²) >= 11 is 0. The van der Waals surface area contributed by atoms with Gasteiger partial charge in [0.2, 0.25) is 5.91 Å². The van der Waals surface area contributed by atoms with Crippen molar-refractivity contribution in [2.75, 3.05) is 20.6 Å². The van der Waals surface area contributed by atoms with Crippen LogP contribution in [0.4, 0.5) is 4.39 Å². The Morgan fingerprint density at radius 1 is 1.47 bits per heavy atom. The molecule has 0 spiro atoms. The Hall–Kier alpha value is -1.17. The molecule has 2 unspecified atom stereocenters. The van der Waals surface area contributed by atoms with Gasteiger partial charge in [0.25, 0.3) is 0 Å². The number of hydrogen-bond acceptors (Lipinski definition) is 3. The van der Waals surface area contributed by atoms with Crippen LogP contribution >= 0.6 is 12.4 Å². The first kappa shape index (κ1) is 17.8. The first-order valence-corrected chi connectivity index (χ1v) is 5.87. The van der Waals surface area contributed by atoms with Crippen LogP contribution in [0.2, 0.25) is 0 Å². The largest absolute Gasteiger partial charge is 0.353 e. The predicted molar refractivity (Wildman–Crippen MR) is 76.7 cm³/mol. The van der Waals surface area contributed by atoms with Gasteiger partial charge < -0.3 is 16.0 Å². The number of nitrogens with one attached hydrogen (secondary N) is 1. The van der Waals surface area contributed by atoms with Crippen molar-refractivity contribution in [3.8, 4) is 0 Å². The number of halogens is 2.